The average Bonchev–Trinajstić information content (AvgIpc) is 3.13. The summed E-state index contributed by atoms with van der Waals surface area (Å²) in [6.07, 6.45) is 7.79. The van der Waals surface area contributed by atoms with Gasteiger partial charge in [-0.25, -0.2) is 32.1 Å². The van der Waals surface area contributed by atoms with E-state index in [9.17, 15) is 17.2 Å². The normalized spacial score (nSPS) is 15.9. The van der Waals surface area contributed by atoms with Gasteiger partial charge in [0.2, 0.25) is 5.82 Å². The molecule has 1 aromatic carbocycles. The Hall–Kier alpha value is -3.72. The monoisotopic (exact) mass is 615 g/mol. The maximum atomic E-state index is 14.5. The van der Waals surface area contributed by atoms with Crippen LogP contribution in [-0.2, 0) is 25.9 Å². The fourth-order valence-electron chi connectivity index (χ4n) is 4.13. The van der Waals surface area contributed by atoms with Crippen molar-refractivity contribution in [2.45, 2.75) is 50.3 Å². The van der Waals surface area contributed by atoms with Crippen LogP contribution in [0.25, 0.3) is 0 Å². The van der Waals surface area contributed by atoms with Crippen molar-refractivity contribution < 1.29 is 31.1 Å². The quantitative estimate of drug-likeness (QED) is 0.226. The number of hydrogen-bond acceptors (Lipinski definition) is 8. The number of hydrogen-bond donors (Lipinski definition) is 2. The third kappa shape index (κ3) is 6.21. The smallest absolute Gasteiger partial charge is 0.399 e. The standard InChI is InChI=1S/C27H26BClF2N6O4S/c1-26(2)27(3,4)41-28(40-26)17-11-21(36-42(38,39)23-6-5-19(30)13-20(23)31)22(34-14-17)16-37-10-7-18(29)12-25(37)35-24-15-32-8-9-33-24/h5-15,36H,16H2,1-4H3/p+1. The summed E-state index contributed by atoms with van der Waals surface area (Å²) >= 11 is 6.25. The molecule has 0 unspecified atom stereocenters. The Morgan fingerprint density at radius 1 is 1.00 bits per heavy atom. The van der Waals surface area contributed by atoms with E-state index in [1.807, 2.05) is 27.7 Å². The molecule has 0 amide bonds. The van der Waals surface area contributed by atoms with Gasteiger partial charge in [0.25, 0.3) is 15.8 Å². The van der Waals surface area contributed by atoms with Crippen LogP contribution in [0.3, 0.4) is 0 Å². The van der Waals surface area contributed by atoms with E-state index in [1.165, 1.54) is 30.9 Å². The van der Waals surface area contributed by atoms with Crippen LogP contribution in [0.1, 0.15) is 33.4 Å². The van der Waals surface area contributed by atoms with Gasteiger partial charge in [0.05, 0.1) is 34.3 Å². The Bertz CT molecular complexity index is 1730. The first-order valence-electron chi connectivity index (χ1n) is 12.8. The fraction of sp³-hybridized carbons (Fsp3) is 0.259. The van der Waals surface area contributed by atoms with Crippen LogP contribution in [-0.4, -0.2) is 41.7 Å². The number of nitrogens with one attached hydrogen (secondary N) is 2. The predicted molar refractivity (Wildman–Crippen MR) is 153 cm³/mol. The van der Waals surface area contributed by atoms with E-state index in [-0.39, 0.29) is 17.9 Å². The number of sulfonamides is 1. The van der Waals surface area contributed by atoms with E-state index in [0.29, 0.717) is 28.2 Å². The third-order valence-corrected chi connectivity index (χ3v) is 8.72. The van der Waals surface area contributed by atoms with Crippen molar-refractivity contribution in [2.24, 2.45) is 0 Å². The Labute approximate surface area is 247 Å². The molecule has 4 aromatic rings. The van der Waals surface area contributed by atoms with Crippen molar-refractivity contribution in [1.82, 2.24) is 15.0 Å². The SMILES string of the molecule is CC1(C)OB(c2cnc(C[n+]3ccc(Cl)cc3Nc3cnccn3)c(NS(=O)(=O)c3ccc(F)cc3F)c2)OC1(C)C. The summed E-state index contributed by atoms with van der Waals surface area (Å²) in [7, 11) is -5.35. The molecule has 1 aliphatic rings. The molecule has 5 rings (SSSR count). The Morgan fingerprint density at radius 2 is 1.74 bits per heavy atom. The van der Waals surface area contributed by atoms with Crippen LogP contribution >= 0.6 is 11.6 Å². The van der Waals surface area contributed by atoms with Gasteiger partial charge in [0.15, 0.2) is 0 Å². The first kappa shape index (κ1) is 29.8. The largest absolute Gasteiger partial charge is 0.496 e. The maximum absolute atomic E-state index is 14.5. The number of rotatable bonds is 8. The Kier molecular flexibility index (Phi) is 7.92. The molecule has 3 aromatic heterocycles. The molecule has 0 bridgehead atoms. The van der Waals surface area contributed by atoms with Crippen molar-refractivity contribution >= 4 is 51.5 Å². The lowest BCUT2D eigenvalue weighted by Crippen LogP contribution is -2.41. The van der Waals surface area contributed by atoms with Gasteiger partial charge in [-0.05, 0) is 52.0 Å². The van der Waals surface area contributed by atoms with E-state index in [1.54, 1.807) is 22.9 Å². The van der Waals surface area contributed by atoms with E-state index in [0.717, 1.165) is 12.1 Å². The van der Waals surface area contributed by atoms with Gasteiger partial charge in [-0.15, -0.1) is 0 Å². The molecule has 42 heavy (non-hydrogen) atoms. The molecule has 1 aliphatic heterocycles. The maximum Gasteiger partial charge on any atom is 0.496 e. The van der Waals surface area contributed by atoms with Gasteiger partial charge in [0, 0.05) is 36.2 Å². The number of halogens is 3. The van der Waals surface area contributed by atoms with Crippen molar-refractivity contribution in [2.75, 3.05) is 10.0 Å². The lowest BCUT2D eigenvalue weighted by Gasteiger charge is -2.32. The highest BCUT2D eigenvalue weighted by molar-refractivity contribution is 7.92. The molecule has 0 aliphatic carbocycles. The van der Waals surface area contributed by atoms with Crippen LogP contribution in [0.4, 0.5) is 26.1 Å². The van der Waals surface area contributed by atoms with Crippen molar-refractivity contribution in [3.8, 4) is 0 Å². The number of anilines is 3. The van der Waals surface area contributed by atoms with E-state index >= 15 is 0 Å². The van der Waals surface area contributed by atoms with Crippen molar-refractivity contribution in [3.05, 3.63) is 89.7 Å². The zero-order valence-electron chi connectivity index (χ0n) is 23.1. The van der Waals surface area contributed by atoms with Crippen LogP contribution in [0.15, 0.2) is 72.3 Å². The molecule has 218 valence electrons. The molecule has 2 N–H and O–H groups in total. The molecule has 15 heteroatoms. The highest BCUT2D eigenvalue weighted by Gasteiger charge is 2.52. The Balaban J connectivity index is 1.55. The fourth-order valence-corrected chi connectivity index (χ4v) is 5.43. The van der Waals surface area contributed by atoms with Crippen LogP contribution < -0.4 is 20.1 Å². The summed E-state index contributed by atoms with van der Waals surface area (Å²) in [6.45, 7) is 7.60. The molecule has 0 radical (unpaired) electrons. The van der Waals surface area contributed by atoms with Crippen LogP contribution in [0, 0.1) is 11.6 Å². The summed E-state index contributed by atoms with van der Waals surface area (Å²) in [5, 5.41) is 3.57. The topological polar surface area (TPSA) is 119 Å². The summed E-state index contributed by atoms with van der Waals surface area (Å²) in [5.41, 5.74) is -0.566. The zero-order chi connectivity index (χ0) is 30.3. The summed E-state index contributed by atoms with van der Waals surface area (Å²) in [4.78, 5) is 12.1. The molecule has 0 saturated carbocycles. The number of pyridine rings is 2. The first-order chi connectivity index (χ1) is 19.7. The summed E-state index contributed by atoms with van der Waals surface area (Å²) in [6, 6.07) is 7.06. The highest BCUT2D eigenvalue weighted by atomic mass is 35.5. The second-order valence-corrected chi connectivity index (χ2v) is 12.7. The van der Waals surface area contributed by atoms with E-state index in [2.05, 4.69) is 25.0 Å². The minimum absolute atomic E-state index is 0.0406. The molecule has 0 spiro atoms. The van der Waals surface area contributed by atoms with Gasteiger partial charge < -0.3 is 9.31 Å². The Morgan fingerprint density at radius 3 is 2.40 bits per heavy atom. The predicted octanol–water partition coefficient (Wildman–Crippen LogP) is 3.98. The number of aromatic nitrogens is 4. The second kappa shape index (κ2) is 11.2. The molecular weight excluding hydrogens is 589 g/mol. The molecule has 0 atom stereocenters. The minimum atomic E-state index is -4.50. The summed E-state index contributed by atoms with van der Waals surface area (Å²) in [5.74, 6) is -1.18. The van der Waals surface area contributed by atoms with Crippen LogP contribution in [0.5, 0.6) is 0 Å². The number of nitrogens with zero attached hydrogens (tertiary/aromatic N) is 4. The molecule has 4 heterocycles. The average molecular weight is 616 g/mol. The van der Waals surface area contributed by atoms with Gasteiger partial charge >= 0.3 is 7.12 Å². The van der Waals surface area contributed by atoms with Crippen molar-refractivity contribution in [3.63, 3.8) is 0 Å². The highest BCUT2D eigenvalue weighted by Crippen LogP contribution is 2.36. The third-order valence-electron chi connectivity index (χ3n) is 7.08. The van der Waals surface area contributed by atoms with Gasteiger partial charge in [-0.3, -0.25) is 14.7 Å². The summed E-state index contributed by atoms with van der Waals surface area (Å²) < 4.78 is 71.1. The lowest BCUT2D eigenvalue weighted by atomic mass is 9.80. The molecule has 1 saturated heterocycles. The van der Waals surface area contributed by atoms with E-state index < -0.39 is 44.9 Å². The zero-order valence-corrected chi connectivity index (χ0v) is 24.7. The van der Waals surface area contributed by atoms with Gasteiger partial charge in [-0.1, -0.05) is 11.6 Å². The van der Waals surface area contributed by atoms with E-state index in [4.69, 9.17) is 20.9 Å². The molecule has 1 fully saturated rings. The van der Waals surface area contributed by atoms with Crippen molar-refractivity contribution in [1.29, 1.82) is 0 Å². The van der Waals surface area contributed by atoms with Gasteiger partial charge in [-0.2, -0.15) is 0 Å². The molecule has 10 nitrogen and oxygen atoms in total. The number of benzene rings is 1. The van der Waals surface area contributed by atoms with Crippen LogP contribution in [0.2, 0.25) is 5.02 Å². The first-order valence-corrected chi connectivity index (χ1v) is 14.6. The van der Waals surface area contributed by atoms with Gasteiger partial charge in [0.1, 0.15) is 28.8 Å². The molecular formula is C27H27BClF2N6O4S+. The second-order valence-electron chi connectivity index (χ2n) is 10.6. The minimum Gasteiger partial charge on any atom is -0.399 e. The lowest BCUT2D eigenvalue weighted by molar-refractivity contribution is -0.674.